The Bertz CT molecular complexity index is 1380. The third kappa shape index (κ3) is 9.42. The van der Waals surface area contributed by atoms with E-state index < -0.39 is 34.3 Å². The third-order valence-corrected chi connectivity index (χ3v) is 8.03. The monoisotopic (exact) mass is 581 g/mol. The SMILES string of the molecule is CCCCNC(=O)[C@H](Cc1ccccc1)N(Cc1ccc(F)cc1)C(=O)CN(c1ccc(C(C)C)cc1)S(C)(=O)=O. The number of halogens is 1. The molecular weight excluding hydrogens is 541 g/mol. The molecular formula is C32H40FN3O4S. The number of sulfonamides is 1. The summed E-state index contributed by atoms with van der Waals surface area (Å²) in [6.45, 7) is 6.07. The van der Waals surface area contributed by atoms with E-state index in [9.17, 15) is 22.4 Å². The molecule has 7 nitrogen and oxygen atoms in total. The molecule has 2 amide bonds. The zero-order valence-electron chi connectivity index (χ0n) is 24.2. The van der Waals surface area contributed by atoms with Crippen molar-refractivity contribution in [3.05, 3.63) is 101 Å². The lowest BCUT2D eigenvalue weighted by Gasteiger charge is -2.33. The summed E-state index contributed by atoms with van der Waals surface area (Å²) < 4.78 is 40.6. The maximum absolute atomic E-state index is 14.1. The van der Waals surface area contributed by atoms with Crippen molar-refractivity contribution in [2.45, 2.75) is 58.5 Å². The van der Waals surface area contributed by atoms with E-state index in [1.54, 1.807) is 24.3 Å². The van der Waals surface area contributed by atoms with Crippen molar-refractivity contribution >= 4 is 27.5 Å². The fraction of sp³-hybridized carbons (Fsp3) is 0.375. The first-order valence-electron chi connectivity index (χ1n) is 13.9. The zero-order chi connectivity index (χ0) is 30.0. The average molecular weight is 582 g/mol. The van der Waals surface area contributed by atoms with Gasteiger partial charge in [-0.3, -0.25) is 13.9 Å². The Kier molecular flexibility index (Phi) is 11.5. The normalized spacial score (nSPS) is 12.1. The molecule has 3 aromatic rings. The molecule has 0 aliphatic carbocycles. The summed E-state index contributed by atoms with van der Waals surface area (Å²) in [7, 11) is -3.84. The number of rotatable bonds is 14. The van der Waals surface area contributed by atoms with Gasteiger partial charge < -0.3 is 10.2 Å². The van der Waals surface area contributed by atoms with E-state index in [0.717, 1.165) is 34.5 Å². The van der Waals surface area contributed by atoms with Crippen LogP contribution in [0, 0.1) is 5.82 Å². The summed E-state index contributed by atoms with van der Waals surface area (Å²) in [4.78, 5) is 29.0. The Morgan fingerprint density at radius 3 is 2.10 bits per heavy atom. The van der Waals surface area contributed by atoms with Gasteiger partial charge in [-0.05, 0) is 53.3 Å². The van der Waals surface area contributed by atoms with Crippen LogP contribution in [-0.4, -0.2) is 50.5 Å². The topological polar surface area (TPSA) is 86.8 Å². The predicted molar refractivity (Wildman–Crippen MR) is 162 cm³/mol. The molecule has 0 unspecified atom stereocenters. The standard InChI is InChI=1S/C32H40FN3O4S/c1-5-6-20-34-32(38)30(21-25-10-8-7-9-11-25)35(22-26-12-16-28(33)17-13-26)31(37)23-36(41(4,39)40)29-18-14-27(15-19-29)24(2)3/h7-19,24,30H,5-6,20-23H2,1-4H3,(H,34,38)/t30-/m0/s1. The number of nitrogens with one attached hydrogen (secondary N) is 1. The van der Waals surface area contributed by atoms with Crippen LogP contribution in [0.5, 0.6) is 0 Å². The van der Waals surface area contributed by atoms with Crippen LogP contribution in [-0.2, 0) is 32.6 Å². The van der Waals surface area contributed by atoms with E-state index in [0.29, 0.717) is 17.8 Å². The molecule has 0 radical (unpaired) electrons. The maximum atomic E-state index is 14.1. The van der Waals surface area contributed by atoms with Gasteiger partial charge in [-0.15, -0.1) is 0 Å². The summed E-state index contributed by atoms with van der Waals surface area (Å²) in [5, 5.41) is 2.94. The van der Waals surface area contributed by atoms with Gasteiger partial charge in [0.05, 0.1) is 11.9 Å². The minimum absolute atomic E-state index is 0.00169. The molecule has 0 bridgehead atoms. The van der Waals surface area contributed by atoms with Gasteiger partial charge in [0.2, 0.25) is 21.8 Å². The summed E-state index contributed by atoms with van der Waals surface area (Å²) in [5.41, 5.74) is 2.87. The molecule has 3 aromatic carbocycles. The van der Waals surface area contributed by atoms with Gasteiger partial charge in [-0.25, -0.2) is 12.8 Å². The molecule has 0 heterocycles. The molecule has 1 atom stereocenters. The number of amides is 2. The molecule has 220 valence electrons. The van der Waals surface area contributed by atoms with Crippen molar-refractivity contribution in [3.63, 3.8) is 0 Å². The van der Waals surface area contributed by atoms with Crippen molar-refractivity contribution in [3.8, 4) is 0 Å². The van der Waals surface area contributed by atoms with Gasteiger partial charge in [0.15, 0.2) is 0 Å². The van der Waals surface area contributed by atoms with Crippen LogP contribution >= 0.6 is 0 Å². The second-order valence-corrected chi connectivity index (χ2v) is 12.4. The lowest BCUT2D eigenvalue weighted by molar-refractivity contribution is -0.140. The Balaban J connectivity index is 2.02. The van der Waals surface area contributed by atoms with Crippen LogP contribution in [0.3, 0.4) is 0 Å². The first-order valence-corrected chi connectivity index (χ1v) is 15.8. The van der Waals surface area contributed by atoms with Crippen molar-refractivity contribution in [2.75, 3.05) is 23.7 Å². The predicted octanol–water partition coefficient (Wildman–Crippen LogP) is 5.27. The fourth-order valence-electron chi connectivity index (χ4n) is 4.49. The fourth-order valence-corrected chi connectivity index (χ4v) is 5.34. The number of unbranched alkanes of at least 4 members (excludes halogenated alkanes) is 1. The van der Waals surface area contributed by atoms with Crippen molar-refractivity contribution in [2.24, 2.45) is 0 Å². The smallest absolute Gasteiger partial charge is 0.244 e. The molecule has 0 aromatic heterocycles. The highest BCUT2D eigenvalue weighted by Crippen LogP contribution is 2.23. The van der Waals surface area contributed by atoms with Gasteiger partial charge in [0.1, 0.15) is 18.4 Å². The van der Waals surface area contributed by atoms with Gasteiger partial charge in [-0.2, -0.15) is 0 Å². The molecule has 0 saturated carbocycles. The molecule has 1 N–H and O–H groups in total. The number of carbonyl (C=O) groups is 2. The average Bonchev–Trinajstić information content (AvgIpc) is 2.94. The summed E-state index contributed by atoms with van der Waals surface area (Å²) in [5.74, 6) is -1.03. The lowest BCUT2D eigenvalue weighted by atomic mass is 10.0. The quantitative estimate of drug-likeness (QED) is 0.263. The molecule has 41 heavy (non-hydrogen) atoms. The second kappa shape index (κ2) is 14.8. The molecule has 0 aliphatic heterocycles. The van der Waals surface area contributed by atoms with Crippen LogP contribution in [0.2, 0.25) is 0 Å². The van der Waals surface area contributed by atoms with Crippen LogP contribution < -0.4 is 9.62 Å². The van der Waals surface area contributed by atoms with Crippen molar-refractivity contribution in [1.29, 1.82) is 0 Å². The van der Waals surface area contributed by atoms with Crippen LogP contribution in [0.4, 0.5) is 10.1 Å². The number of anilines is 1. The molecule has 3 rings (SSSR count). The van der Waals surface area contributed by atoms with E-state index in [2.05, 4.69) is 5.32 Å². The Hall–Kier alpha value is -3.72. The third-order valence-electron chi connectivity index (χ3n) is 6.89. The van der Waals surface area contributed by atoms with E-state index in [-0.39, 0.29) is 24.8 Å². The van der Waals surface area contributed by atoms with Crippen LogP contribution in [0.1, 0.15) is 56.2 Å². The largest absolute Gasteiger partial charge is 0.354 e. The Morgan fingerprint density at radius 1 is 0.902 bits per heavy atom. The molecule has 0 fully saturated rings. The highest BCUT2D eigenvalue weighted by molar-refractivity contribution is 7.92. The van der Waals surface area contributed by atoms with Crippen molar-refractivity contribution in [1.82, 2.24) is 10.2 Å². The summed E-state index contributed by atoms with van der Waals surface area (Å²) >= 11 is 0. The van der Waals surface area contributed by atoms with E-state index in [1.165, 1.54) is 17.0 Å². The number of hydrogen-bond donors (Lipinski definition) is 1. The Morgan fingerprint density at radius 2 is 1.54 bits per heavy atom. The van der Waals surface area contributed by atoms with Gasteiger partial charge in [0.25, 0.3) is 0 Å². The molecule has 0 spiro atoms. The maximum Gasteiger partial charge on any atom is 0.244 e. The first-order chi connectivity index (χ1) is 19.5. The number of hydrogen-bond acceptors (Lipinski definition) is 4. The van der Waals surface area contributed by atoms with Crippen LogP contribution in [0.15, 0.2) is 78.9 Å². The van der Waals surface area contributed by atoms with Gasteiger partial charge >= 0.3 is 0 Å². The van der Waals surface area contributed by atoms with Gasteiger partial charge in [0, 0.05) is 19.5 Å². The highest BCUT2D eigenvalue weighted by atomic mass is 32.2. The minimum atomic E-state index is -3.84. The Labute approximate surface area is 243 Å². The number of nitrogens with zero attached hydrogens (tertiary/aromatic N) is 2. The van der Waals surface area contributed by atoms with E-state index >= 15 is 0 Å². The summed E-state index contributed by atoms with van der Waals surface area (Å²) in [6, 6.07) is 21.2. The lowest BCUT2D eigenvalue weighted by Crippen LogP contribution is -2.53. The molecule has 9 heteroatoms. The van der Waals surface area contributed by atoms with Crippen molar-refractivity contribution < 1.29 is 22.4 Å². The summed E-state index contributed by atoms with van der Waals surface area (Å²) in [6.07, 6.45) is 2.96. The number of benzene rings is 3. The molecule has 0 aliphatic rings. The van der Waals surface area contributed by atoms with E-state index in [4.69, 9.17) is 0 Å². The van der Waals surface area contributed by atoms with Crippen LogP contribution in [0.25, 0.3) is 0 Å². The zero-order valence-corrected chi connectivity index (χ0v) is 25.0. The van der Waals surface area contributed by atoms with Gasteiger partial charge in [-0.1, -0.05) is 81.8 Å². The molecule has 0 saturated heterocycles. The van der Waals surface area contributed by atoms with E-state index in [1.807, 2.05) is 63.2 Å². The second-order valence-electron chi connectivity index (χ2n) is 10.5. The number of carbonyl (C=O) groups excluding carboxylic acids is 2. The first kappa shape index (κ1) is 31.8. The minimum Gasteiger partial charge on any atom is -0.354 e. The highest BCUT2D eigenvalue weighted by Gasteiger charge is 2.33.